The van der Waals surface area contributed by atoms with E-state index in [0.29, 0.717) is 5.92 Å². The maximum absolute atomic E-state index is 12.3. The zero-order valence-corrected chi connectivity index (χ0v) is 11.4. The Morgan fingerprint density at radius 2 is 2.16 bits per heavy atom. The Kier molecular flexibility index (Phi) is 3.28. The molecule has 1 saturated carbocycles. The van der Waals surface area contributed by atoms with E-state index >= 15 is 0 Å². The van der Waals surface area contributed by atoms with E-state index < -0.39 is 0 Å². The minimum absolute atomic E-state index is 0.00727. The molecule has 0 spiro atoms. The van der Waals surface area contributed by atoms with Crippen molar-refractivity contribution in [3.63, 3.8) is 0 Å². The van der Waals surface area contributed by atoms with Crippen molar-refractivity contribution in [3.8, 4) is 0 Å². The van der Waals surface area contributed by atoms with Gasteiger partial charge in [0.25, 0.3) is 0 Å². The van der Waals surface area contributed by atoms with Gasteiger partial charge in [-0.2, -0.15) is 0 Å². The highest BCUT2D eigenvalue weighted by Gasteiger charge is 2.24. The number of allylic oxidation sites excluding steroid dienone is 1. The first-order valence-electron chi connectivity index (χ1n) is 7.08. The molecule has 1 aliphatic carbocycles. The van der Waals surface area contributed by atoms with Gasteiger partial charge in [0.05, 0.1) is 0 Å². The quantitative estimate of drug-likeness (QED) is 0.863. The maximum atomic E-state index is 12.3. The fourth-order valence-electron chi connectivity index (χ4n) is 2.65. The van der Waals surface area contributed by atoms with Gasteiger partial charge in [-0.25, -0.2) is 4.79 Å². The third-order valence-corrected chi connectivity index (χ3v) is 4.00. The van der Waals surface area contributed by atoms with Crippen LogP contribution in [0.1, 0.15) is 31.7 Å². The molecule has 1 fully saturated rings. The number of para-hydroxylation sites is 1. The number of anilines is 1. The molecule has 0 atom stereocenters. The Morgan fingerprint density at radius 1 is 1.37 bits per heavy atom. The lowest BCUT2D eigenvalue weighted by Gasteiger charge is -2.29. The number of nitrogens with one attached hydrogen (secondary N) is 1. The van der Waals surface area contributed by atoms with E-state index in [2.05, 4.69) is 18.3 Å². The molecule has 19 heavy (non-hydrogen) atoms. The van der Waals surface area contributed by atoms with Crippen molar-refractivity contribution in [3.05, 3.63) is 41.6 Å². The predicted molar refractivity (Wildman–Crippen MR) is 77.1 cm³/mol. The van der Waals surface area contributed by atoms with Crippen LogP contribution in [0.5, 0.6) is 0 Å². The number of hydrogen-bond acceptors (Lipinski definition) is 1. The van der Waals surface area contributed by atoms with Gasteiger partial charge in [-0.3, -0.25) is 4.90 Å². The van der Waals surface area contributed by atoms with Crippen molar-refractivity contribution in [2.24, 2.45) is 5.92 Å². The summed E-state index contributed by atoms with van der Waals surface area (Å²) < 4.78 is 0. The summed E-state index contributed by atoms with van der Waals surface area (Å²) in [6.45, 7) is 2.90. The minimum Gasteiger partial charge on any atom is -0.314 e. The van der Waals surface area contributed by atoms with Gasteiger partial charge in [-0.05, 0) is 50.2 Å². The topological polar surface area (TPSA) is 32.3 Å². The number of hydrogen-bond donors (Lipinski definition) is 1. The first kappa shape index (κ1) is 12.3. The van der Waals surface area contributed by atoms with Gasteiger partial charge in [0.1, 0.15) is 0 Å². The van der Waals surface area contributed by atoms with E-state index in [1.807, 2.05) is 29.3 Å². The van der Waals surface area contributed by atoms with Crippen LogP contribution in [0.3, 0.4) is 0 Å². The second-order valence-corrected chi connectivity index (χ2v) is 5.50. The summed E-state index contributed by atoms with van der Waals surface area (Å²) in [5.41, 5.74) is 3.62. The number of nitrogens with zero attached hydrogens (tertiary/aromatic N) is 1. The maximum Gasteiger partial charge on any atom is 0.325 e. The number of carbonyl (C=O) groups excluding carboxylic acids is 1. The van der Waals surface area contributed by atoms with Crippen molar-refractivity contribution in [1.82, 2.24) is 5.32 Å². The van der Waals surface area contributed by atoms with Gasteiger partial charge in [0.2, 0.25) is 0 Å². The molecular weight excluding hydrogens is 236 g/mol. The lowest BCUT2D eigenvalue weighted by Crippen LogP contribution is -2.41. The van der Waals surface area contributed by atoms with Gasteiger partial charge in [-0.1, -0.05) is 23.8 Å². The number of carbonyl (C=O) groups is 1. The van der Waals surface area contributed by atoms with Crippen molar-refractivity contribution in [2.45, 2.75) is 32.6 Å². The van der Waals surface area contributed by atoms with Crippen LogP contribution in [0.2, 0.25) is 0 Å². The number of benzene rings is 1. The van der Waals surface area contributed by atoms with E-state index in [1.165, 1.54) is 24.0 Å². The third kappa shape index (κ3) is 2.65. The van der Waals surface area contributed by atoms with E-state index in [4.69, 9.17) is 0 Å². The Labute approximate surface area is 114 Å². The summed E-state index contributed by atoms with van der Waals surface area (Å²) in [5, 5.41) is 2.94. The molecule has 1 N–H and O–H groups in total. The number of fused-ring (bicyclic) bond motifs is 1. The first-order valence-corrected chi connectivity index (χ1v) is 7.08. The van der Waals surface area contributed by atoms with Crippen LogP contribution in [0.4, 0.5) is 10.5 Å². The van der Waals surface area contributed by atoms with E-state index in [1.54, 1.807) is 0 Å². The van der Waals surface area contributed by atoms with E-state index in [9.17, 15) is 4.79 Å². The van der Waals surface area contributed by atoms with Crippen LogP contribution < -0.4 is 10.2 Å². The van der Waals surface area contributed by atoms with Crippen LogP contribution in [0.15, 0.2) is 36.0 Å². The van der Waals surface area contributed by atoms with E-state index in [0.717, 1.165) is 25.1 Å². The molecule has 0 radical (unpaired) electrons. The molecule has 1 aromatic carbocycles. The molecule has 2 aliphatic rings. The Hall–Kier alpha value is -1.77. The number of urea groups is 1. The normalized spacial score (nSPS) is 19.0. The van der Waals surface area contributed by atoms with Gasteiger partial charge in [0.15, 0.2) is 0 Å². The lowest BCUT2D eigenvalue weighted by atomic mass is 10.0. The SMILES string of the molecule is C/C(=C\NC(=O)N1CCCc2ccccc21)C1CC1. The summed E-state index contributed by atoms with van der Waals surface area (Å²) in [6, 6.07) is 8.17. The van der Waals surface area contributed by atoms with Crippen LogP contribution in [-0.2, 0) is 6.42 Å². The average molecular weight is 256 g/mol. The second kappa shape index (κ2) is 5.08. The predicted octanol–water partition coefficient (Wildman–Crippen LogP) is 3.46. The highest BCUT2D eigenvalue weighted by Crippen LogP contribution is 2.35. The van der Waals surface area contributed by atoms with Gasteiger partial charge in [0, 0.05) is 18.4 Å². The molecule has 2 amide bonds. The largest absolute Gasteiger partial charge is 0.325 e. The number of aryl methyl sites for hydroxylation is 1. The van der Waals surface area contributed by atoms with Crippen LogP contribution in [0.25, 0.3) is 0 Å². The molecule has 1 aromatic rings. The van der Waals surface area contributed by atoms with Crippen molar-refractivity contribution < 1.29 is 4.79 Å². The fraction of sp³-hybridized carbons (Fsp3) is 0.438. The Morgan fingerprint density at radius 3 is 2.95 bits per heavy atom. The van der Waals surface area contributed by atoms with Crippen LogP contribution in [0, 0.1) is 5.92 Å². The molecule has 1 aliphatic heterocycles. The zero-order chi connectivity index (χ0) is 13.2. The number of rotatable bonds is 2. The van der Waals surface area contributed by atoms with Gasteiger partial charge < -0.3 is 5.32 Å². The van der Waals surface area contributed by atoms with Crippen LogP contribution >= 0.6 is 0 Å². The molecule has 3 nitrogen and oxygen atoms in total. The molecule has 3 rings (SSSR count). The monoisotopic (exact) mass is 256 g/mol. The highest BCUT2D eigenvalue weighted by atomic mass is 16.2. The molecule has 100 valence electrons. The van der Waals surface area contributed by atoms with Crippen molar-refractivity contribution in [2.75, 3.05) is 11.4 Å². The van der Waals surface area contributed by atoms with Gasteiger partial charge >= 0.3 is 6.03 Å². The summed E-state index contributed by atoms with van der Waals surface area (Å²) >= 11 is 0. The van der Waals surface area contributed by atoms with Crippen LogP contribution in [-0.4, -0.2) is 12.6 Å². The summed E-state index contributed by atoms with van der Waals surface area (Å²) in [7, 11) is 0. The molecule has 0 saturated heterocycles. The molecule has 0 unspecified atom stereocenters. The molecule has 0 bridgehead atoms. The number of amides is 2. The smallest absolute Gasteiger partial charge is 0.314 e. The Balaban J connectivity index is 1.72. The fourth-order valence-corrected chi connectivity index (χ4v) is 2.65. The third-order valence-electron chi connectivity index (χ3n) is 4.00. The highest BCUT2D eigenvalue weighted by molar-refractivity contribution is 5.93. The molecule has 0 aromatic heterocycles. The summed E-state index contributed by atoms with van der Waals surface area (Å²) in [5.74, 6) is 0.703. The molecular formula is C16H20N2O. The standard InChI is InChI=1S/C16H20N2O/c1-12(13-8-9-13)11-17-16(19)18-10-4-6-14-5-2-3-7-15(14)18/h2-3,5,7,11,13H,4,6,8-10H2,1H3,(H,17,19)/b12-11+. The zero-order valence-electron chi connectivity index (χ0n) is 11.4. The van der Waals surface area contributed by atoms with Crippen molar-refractivity contribution in [1.29, 1.82) is 0 Å². The average Bonchev–Trinajstić information content (AvgIpc) is 3.28. The Bertz CT molecular complexity index is 517. The van der Waals surface area contributed by atoms with Gasteiger partial charge in [-0.15, -0.1) is 0 Å². The lowest BCUT2D eigenvalue weighted by molar-refractivity contribution is 0.249. The van der Waals surface area contributed by atoms with Crippen molar-refractivity contribution >= 4 is 11.7 Å². The summed E-state index contributed by atoms with van der Waals surface area (Å²) in [6.07, 6.45) is 6.53. The van der Waals surface area contributed by atoms with E-state index in [-0.39, 0.29) is 6.03 Å². The second-order valence-electron chi connectivity index (χ2n) is 5.50. The first-order chi connectivity index (χ1) is 9.25. The molecule has 3 heteroatoms. The minimum atomic E-state index is -0.00727. The molecule has 1 heterocycles. The summed E-state index contributed by atoms with van der Waals surface area (Å²) in [4.78, 5) is 14.1.